The van der Waals surface area contributed by atoms with Gasteiger partial charge in [0.1, 0.15) is 0 Å². The molecule has 0 fully saturated rings. The molecule has 1 aliphatic heterocycles. The van der Waals surface area contributed by atoms with E-state index in [9.17, 15) is 5.26 Å². The number of rotatable bonds is 3. The number of halogens is 2. The van der Waals surface area contributed by atoms with E-state index in [-0.39, 0.29) is 5.54 Å². The highest BCUT2D eigenvalue weighted by molar-refractivity contribution is 6.36. The minimum atomic E-state index is -0.0160. The number of hydrogen-bond acceptors (Lipinski definition) is 2. The van der Waals surface area contributed by atoms with E-state index >= 15 is 0 Å². The van der Waals surface area contributed by atoms with Crippen molar-refractivity contribution in [1.82, 2.24) is 0 Å². The van der Waals surface area contributed by atoms with Gasteiger partial charge >= 0.3 is 0 Å². The zero-order chi connectivity index (χ0) is 19.8. The number of nitrogens with zero attached hydrogens (tertiary/aromatic N) is 2. The van der Waals surface area contributed by atoms with Crippen molar-refractivity contribution in [3.8, 4) is 6.07 Å². The van der Waals surface area contributed by atoms with Gasteiger partial charge in [0, 0.05) is 28.4 Å². The SMILES string of the molecule is CCN1c2ccc(/C=C(\C#N)c3ccc(Cl)cc3Cl)cc2C(C)=CC1(C)C. The van der Waals surface area contributed by atoms with Gasteiger partial charge in [0.15, 0.2) is 0 Å². The molecule has 0 unspecified atom stereocenters. The Hall–Kier alpha value is -2.21. The normalized spacial score (nSPS) is 15.8. The summed E-state index contributed by atoms with van der Waals surface area (Å²) in [5.74, 6) is 0. The molecule has 0 spiro atoms. The Balaban J connectivity index is 2.08. The second-order valence-corrected chi connectivity index (χ2v) is 8.14. The third-order valence-corrected chi connectivity index (χ3v) is 5.52. The Labute approximate surface area is 171 Å². The van der Waals surface area contributed by atoms with Crippen LogP contribution in [0.3, 0.4) is 0 Å². The highest BCUT2D eigenvalue weighted by Gasteiger charge is 2.29. The molecule has 0 N–H and O–H groups in total. The smallest absolute Gasteiger partial charge is 0.0998 e. The van der Waals surface area contributed by atoms with Gasteiger partial charge in [0.25, 0.3) is 0 Å². The van der Waals surface area contributed by atoms with E-state index in [0.717, 1.165) is 12.1 Å². The quantitative estimate of drug-likeness (QED) is 0.409. The summed E-state index contributed by atoms with van der Waals surface area (Å²) in [6.45, 7) is 9.70. The Kier molecular flexibility index (Phi) is 5.38. The van der Waals surface area contributed by atoms with Gasteiger partial charge in [-0.25, -0.2) is 0 Å². The molecule has 0 aromatic heterocycles. The van der Waals surface area contributed by atoms with Crippen molar-refractivity contribution in [2.75, 3.05) is 11.4 Å². The van der Waals surface area contributed by atoms with E-state index in [0.29, 0.717) is 21.2 Å². The van der Waals surface area contributed by atoms with Crippen molar-refractivity contribution in [1.29, 1.82) is 5.26 Å². The van der Waals surface area contributed by atoms with Crippen molar-refractivity contribution < 1.29 is 0 Å². The maximum atomic E-state index is 9.64. The first-order valence-corrected chi connectivity index (χ1v) is 9.71. The monoisotopic (exact) mass is 396 g/mol. The highest BCUT2D eigenvalue weighted by Crippen LogP contribution is 2.39. The molecule has 1 heterocycles. The first-order valence-electron chi connectivity index (χ1n) is 8.95. The molecule has 3 rings (SSSR count). The molecule has 0 atom stereocenters. The van der Waals surface area contributed by atoms with Crippen molar-refractivity contribution in [3.05, 3.63) is 69.2 Å². The number of nitriles is 1. The standard InChI is InChI=1S/C23H22Cl2N2/c1-5-27-22-9-6-16(11-20(22)15(2)13-23(27,3)4)10-17(14-26)19-8-7-18(24)12-21(19)25/h6-13H,5H2,1-4H3/b17-10+. The molecule has 27 heavy (non-hydrogen) atoms. The van der Waals surface area contributed by atoms with Gasteiger partial charge in [-0.3, -0.25) is 0 Å². The van der Waals surface area contributed by atoms with Crippen LogP contribution in [-0.4, -0.2) is 12.1 Å². The maximum absolute atomic E-state index is 9.64. The number of anilines is 1. The average Bonchev–Trinajstić information content (AvgIpc) is 2.60. The van der Waals surface area contributed by atoms with Gasteiger partial charge in [0.05, 0.1) is 22.2 Å². The first kappa shape index (κ1) is 19.5. The number of likely N-dealkylation sites (N-methyl/N-ethyl adjacent to an activating group) is 1. The second-order valence-electron chi connectivity index (χ2n) is 7.30. The molecule has 0 saturated carbocycles. The summed E-state index contributed by atoms with van der Waals surface area (Å²) in [4.78, 5) is 2.39. The molecule has 2 aromatic carbocycles. The van der Waals surface area contributed by atoms with Gasteiger partial charge < -0.3 is 4.90 Å². The topological polar surface area (TPSA) is 27.0 Å². The lowest BCUT2D eigenvalue weighted by molar-refractivity contribution is 0.566. The summed E-state index contributed by atoms with van der Waals surface area (Å²) in [5, 5.41) is 10.7. The molecule has 2 aromatic rings. The molecule has 138 valence electrons. The third-order valence-electron chi connectivity index (χ3n) is 4.97. The van der Waals surface area contributed by atoms with Crippen molar-refractivity contribution in [2.24, 2.45) is 0 Å². The summed E-state index contributed by atoms with van der Waals surface area (Å²) in [5.41, 5.74) is 5.83. The number of fused-ring (bicyclic) bond motifs is 1. The van der Waals surface area contributed by atoms with Crippen LogP contribution in [0.5, 0.6) is 0 Å². The molecule has 1 aliphatic rings. The van der Waals surface area contributed by atoms with Gasteiger partial charge in [-0.15, -0.1) is 0 Å². The Bertz CT molecular complexity index is 994. The Morgan fingerprint density at radius 2 is 1.93 bits per heavy atom. The van der Waals surface area contributed by atoms with Gasteiger partial charge in [-0.05, 0) is 69.2 Å². The van der Waals surface area contributed by atoms with E-state index in [2.05, 4.69) is 62.9 Å². The number of allylic oxidation sites excluding steroid dienone is 2. The zero-order valence-corrected chi connectivity index (χ0v) is 17.5. The fraction of sp³-hybridized carbons (Fsp3) is 0.261. The summed E-state index contributed by atoms with van der Waals surface area (Å²) < 4.78 is 0. The molecule has 0 saturated heterocycles. The first-order chi connectivity index (χ1) is 12.8. The molecule has 4 heteroatoms. The predicted molar refractivity (Wildman–Crippen MR) is 117 cm³/mol. The highest BCUT2D eigenvalue weighted by atomic mass is 35.5. The van der Waals surface area contributed by atoms with Crippen molar-refractivity contribution in [2.45, 2.75) is 33.2 Å². The average molecular weight is 397 g/mol. The van der Waals surface area contributed by atoms with E-state index in [1.807, 2.05) is 6.08 Å². The maximum Gasteiger partial charge on any atom is 0.0998 e. The minimum Gasteiger partial charge on any atom is -0.363 e. The lowest BCUT2D eigenvalue weighted by Crippen LogP contribution is -2.44. The van der Waals surface area contributed by atoms with Crippen LogP contribution in [-0.2, 0) is 0 Å². The Morgan fingerprint density at radius 1 is 1.19 bits per heavy atom. The van der Waals surface area contributed by atoms with Crippen LogP contribution in [0.1, 0.15) is 44.4 Å². The fourth-order valence-electron chi connectivity index (χ4n) is 3.81. The fourth-order valence-corrected chi connectivity index (χ4v) is 4.32. The third kappa shape index (κ3) is 3.76. The molecular formula is C23H22Cl2N2. The van der Waals surface area contributed by atoms with Gasteiger partial charge in [0.2, 0.25) is 0 Å². The van der Waals surface area contributed by atoms with Gasteiger partial charge in [-0.2, -0.15) is 5.26 Å². The summed E-state index contributed by atoms with van der Waals surface area (Å²) >= 11 is 12.3. The largest absolute Gasteiger partial charge is 0.363 e. The summed E-state index contributed by atoms with van der Waals surface area (Å²) in [6, 6.07) is 13.8. The van der Waals surface area contributed by atoms with E-state index in [1.165, 1.54) is 16.8 Å². The van der Waals surface area contributed by atoms with Gasteiger partial charge in [-0.1, -0.05) is 41.4 Å². The molecule has 0 bridgehead atoms. The van der Waals surface area contributed by atoms with E-state index in [1.54, 1.807) is 18.2 Å². The number of hydrogen-bond donors (Lipinski definition) is 0. The molecular weight excluding hydrogens is 375 g/mol. The predicted octanol–water partition coefficient (Wildman–Crippen LogP) is 7.08. The zero-order valence-electron chi connectivity index (χ0n) is 16.0. The molecule has 0 amide bonds. The summed E-state index contributed by atoms with van der Waals surface area (Å²) in [6.07, 6.45) is 4.17. The van der Waals surface area contributed by atoms with Crippen LogP contribution in [0.2, 0.25) is 10.0 Å². The van der Waals surface area contributed by atoms with Crippen LogP contribution in [0.15, 0.2) is 42.5 Å². The number of benzene rings is 2. The van der Waals surface area contributed by atoms with E-state index < -0.39 is 0 Å². The molecule has 0 radical (unpaired) electrons. The minimum absolute atomic E-state index is 0.0160. The Morgan fingerprint density at radius 3 is 2.56 bits per heavy atom. The lowest BCUT2D eigenvalue weighted by atomic mass is 9.88. The summed E-state index contributed by atoms with van der Waals surface area (Å²) in [7, 11) is 0. The molecule has 2 nitrogen and oxygen atoms in total. The lowest BCUT2D eigenvalue weighted by Gasteiger charge is -2.42. The van der Waals surface area contributed by atoms with Crippen LogP contribution >= 0.6 is 23.2 Å². The van der Waals surface area contributed by atoms with Crippen molar-refractivity contribution >= 4 is 46.1 Å². The van der Waals surface area contributed by atoms with Crippen LogP contribution in [0.25, 0.3) is 17.2 Å². The second kappa shape index (κ2) is 7.43. The van der Waals surface area contributed by atoms with Crippen LogP contribution in [0, 0.1) is 11.3 Å². The van der Waals surface area contributed by atoms with Crippen LogP contribution < -0.4 is 4.90 Å². The van der Waals surface area contributed by atoms with Crippen molar-refractivity contribution in [3.63, 3.8) is 0 Å². The van der Waals surface area contributed by atoms with Crippen LogP contribution in [0.4, 0.5) is 5.69 Å². The molecule has 0 aliphatic carbocycles. The van der Waals surface area contributed by atoms with E-state index in [4.69, 9.17) is 23.2 Å².